The van der Waals surface area contributed by atoms with E-state index in [0.29, 0.717) is 31.9 Å². The Kier molecular flexibility index (Phi) is 8.68. The van der Waals surface area contributed by atoms with Crippen molar-refractivity contribution in [1.29, 1.82) is 0 Å². The SMILES string of the molecule is CCCCCCOCC(O)CNC1CCCS(=O)(=O)C1. The van der Waals surface area contributed by atoms with E-state index < -0.39 is 15.9 Å². The predicted octanol–water partition coefficient (Wildman–Crippen LogP) is 1.11. The van der Waals surface area contributed by atoms with Gasteiger partial charge in [0, 0.05) is 19.2 Å². The quantitative estimate of drug-likeness (QED) is 0.591. The fourth-order valence-electron chi connectivity index (χ4n) is 2.40. The first-order chi connectivity index (χ1) is 9.53. The van der Waals surface area contributed by atoms with Crippen LogP contribution in [0.5, 0.6) is 0 Å². The normalized spacial score (nSPS) is 23.6. The van der Waals surface area contributed by atoms with Crippen molar-refractivity contribution < 1.29 is 18.3 Å². The van der Waals surface area contributed by atoms with E-state index in [2.05, 4.69) is 12.2 Å². The highest BCUT2D eigenvalue weighted by molar-refractivity contribution is 7.91. The van der Waals surface area contributed by atoms with Gasteiger partial charge in [0.1, 0.15) is 0 Å². The average Bonchev–Trinajstić information content (AvgIpc) is 2.39. The third-order valence-electron chi connectivity index (χ3n) is 3.56. The summed E-state index contributed by atoms with van der Waals surface area (Å²) in [5.74, 6) is 0.492. The van der Waals surface area contributed by atoms with E-state index >= 15 is 0 Å². The summed E-state index contributed by atoms with van der Waals surface area (Å²) in [6, 6.07) is -0.0204. The van der Waals surface area contributed by atoms with E-state index in [1.165, 1.54) is 19.3 Å². The van der Waals surface area contributed by atoms with Gasteiger partial charge in [0.15, 0.2) is 9.84 Å². The minimum atomic E-state index is -2.88. The number of hydrogen-bond acceptors (Lipinski definition) is 5. The largest absolute Gasteiger partial charge is 0.389 e. The Labute approximate surface area is 123 Å². The van der Waals surface area contributed by atoms with Crippen LogP contribution in [0, 0.1) is 0 Å². The predicted molar refractivity (Wildman–Crippen MR) is 80.6 cm³/mol. The number of sulfone groups is 1. The highest BCUT2D eigenvalue weighted by Crippen LogP contribution is 2.11. The number of aliphatic hydroxyl groups excluding tert-OH is 1. The molecule has 6 heteroatoms. The monoisotopic (exact) mass is 307 g/mol. The van der Waals surface area contributed by atoms with E-state index in [4.69, 9.17) is 4.74 Å². The summed E-state index contributed by atoms with van der Waals surface area (Å²) in [4.78, 5) is 0. The van der Waals surface area contributed by atoms with Gasteiger partial charge in [-0.3, -0.25) is 0 Å². The zero-order chi connectivity index (χ0) is 14.8. The fraction of sp³-hybridized carbons (Fsp3) is 1.00. The van der Waals surface area contributed by atoms with Crippen LogP contribution in [-0.4, -0.2) is 56.9 Å². The lowest BCUT2D eigenvalue weighted by Crippen LogP contribution is -2.44. The lowest BCUT2D eigenvalue weighted by Gasteiger charge is -2.24. The van der Waals surface area contributed by atoms with Gasteiger partial charge in [-0.2, -0.15) is 0 Å². The lowest BCUT2D eigenvalue weighted by molar-refractivity contribution is 0.0342. The van der Waals surface area contributed by atoms with Gasteiger partial charge in [0.2, 0.25) is 0 Å². The summed E-state index contributed by atoms with van der Waals surface area (Å²) in [6.07, 6.45) is 5.65. The molecule has 0 aromatic carbocycles. The molecule has 1 fully saturated rings. The number of rotatable bonds is 10. The van der Waals surface area contributed by atoms with Gasteiger partial charge < -0.3 is 15.2 Å². The standard InChI is InChI=1S/C14H29NO4S/c1-2-3-4-5-8-19-11-14(16)10-15-13-7-6-9-20(17,18)12-13/h13-16H,2-12H2,1H3. The van der Waals surface area contributed by atoms with Crippen molar-refractivity contribution in [3.8, 4) is 0 Å². The van der Waals surface area contributed by atoms with E-state index in [9.17, 15) is 13.5 Å². The summed E-state index contributed by atoms with van der Waals surface area (Å²) in [7, 11) is -2.88. The van der Waals surface area contributed by atoms with Gasteiger partial charge in [-0.1, -0.05) is 26.2 Å². The smallest absolute Gasteiger partial charge is 0.151 e. The number of aliphatic hydroxyl groups is 1. The molecule has 0 spiro atoms. The Hall–Kier alpha value is -0.170. The molecule has 120 valence electrons. The molecule has 1 rings (SSSR count). The van der Waals surface area contributed by atoms with Crippen LogP contribution in [0.3, 0.4) is 0 Å². The Morgan fingerprint density at radius 1 is 1.35 bits per heavy atom. The highest BCUT2D eigenvalue weighted by atomic mass is 32.2. The molecule has 5 nitrogen and oxygen atoms in total. The third kappa shape index (κ3) is 8.19. The van der Waals surface area contributed by atoms with Crippen molar-refractivity contribution in [2.24, 2.45) is 0 Å². The van der Waals surface area contributed by atoms with E-state index in [-0.39, 0.29) is 11.8 Å². The lowest BCUT2D eigenvalue weighted by atomic mass is 10.2. The minimum absolute atomic E-state index is 0.0204. The maximum atomic E-state index is 11.5. The Morgan fingerprint density at radius 3 is 2.85 bits per heavy atom. The molecule has 1 saturated heterocycles. The molecular formula is C14H29NO4S. The van der Waals surface area contributed by atoms with Crippen molar-refractivity contribution in [3.05, 3.63) is 0 Å². The second-order valence-corrected chi connectivity index (χ2v) is 7.88. The molecule has 0 aliphatic carbocycles. The topological polar surface area (TPSA) is 75.6 Å². The van der Waals surface area contributed by atoms with Crippen molar-refractivity contribution in [2.45, 2.75) is 57.6 Å². The van der Waals surface area contributed by atoms with Gasteiger partial charge in [0.25, 0.3) is 0 Å². The maximum absolute atomic E-state index is 11.5. The summed E-state index contributed by atoms with van der Waals surface area (Å²) < 4.78 is 28.4. The molecule has 0 aromatic rings. The third-order valence-corrected chi connectivity index (χ3v) is 5.38. The first kappa shape index (κ1) is 17.9. The molecule has 0 amide bonds. The van der Waals surface area contributed by atoms with E-state index in [1.54, 1.807) is 0 Å². The first-order valence-corrected chi connectivity index (χ1v) is 9.55. The average molecular weight is 307 g/mol. The molecule has 0 aromatic heterocycles. The number of ether oxygens (including phenoxy) is 1. The molecule has 2 atom stereocenters. The minimum Gasteiger partial charge on any atom is -0.389 e. The molecule has 2 unspecified atom stereocenters. The second kappa shape index (κ2) is 9.71. The Morgan fingerprint density at radius 2 is 2.15 bits per heavy atom. The second-order valence-electron chi connectivity index (χ2n) is 5.65. The number of hydrogen-bond donors (Lipinski definition) is 2. The molecule has 1 aliphatic rings. The van der Waals surface area contributed by atoms with Crippen LogP contribution in [0.1, 0.15) is 45.4 Å². The van der Waals surface area contributed by atoms with Crippen LogP contribution in [0.25, 0.3) is 0 Å². The molecule has 20 heavy (non-hydrogen) atoms. The van der Waals surface area contributed by atoms with Crippen LogP contribution in [0.15, 0.2) is 0 Å². The zero-order valence-corrected chi connectivity index (χ0v) is 13.3. The fourth-order valence-corrected chi connectivity index (χ4v) is 4.07. The van der Waals surface area contributed by atoms with Crippen molar-refractivity contribution >= 4 is 9.84 Å². The Bertz CT molecular complexity index is 345. The van der Waals surface area contributed by atoms with Gasteiger partial charge >= 0.3 is 0 Å². The van der Waals surface area contributed by atoms with E-state index in [0.717, 1.165) is 12.8 Å². The Balaban J connectivity index is 2.03. The number of unbranched alkanes of at least 4 members (excludes halogenated alkanes) is 3. The molecule has 0 radical (unpaired) electrons. The van der Waals surface area contributed by atoms with Crippen LogP contribution in [0.2, 0.25) is 0 Å². The van der Waals surface area contributed by atoms with Gasteiger partial charge in [0.05, 0.1) is 24.2 Å². The van der Waals surface area contributed by atoms with Gasteiger partial charge in [-0.05, 0) is 19.3 Å². The molecule has 0 saturated carbocycles. The molecule has 1 heterocycles. The summed E-state index contributed by atoms with van der Waals surface area (Å²) in [5, 5.41) is 12.9. The van der Waals surface area contributed by atoms with Crippen LogP contribution < -0.4 is 5.32 Å². The summed E-state index contributed by atoms with van der Waals surface area (Å²) in [5.41, 5.74) is 0. The first-order valence-electron chi connectivity index (χ1n) is 7.73. The maximum Gasteiger partial charge on any atom is 0.151 e. The van der Waals surface area contributed by atoms with Crippen molar-refractivity contribution in [2.75, 3.05) is 31.3 Å². The molecule has 1 aliphatic heterocycles. The van der Waals surface area contributed by atoms with Gasteiger partial charge in [-0.15, -0.1) is 0 Å². The number of nitrogens with one attached hydrogen (secondary N) is 1. The van der Waals surface area contributed by atoms with Crippen LogP contribution >= 0.6 is 0 Å². The van der Waals surface area contributed by atoms with Crippen LogP contribution in [-0.2, 0) is 14.6 Å². The highest BCUT2D eigenvalue weighted by Gasteiger charge is 2.24. The molecule has 2 N–H and O–H groups in total. The summed E-state index contributed by atoms with van der Waals surface area (Å²) in [6.45, 7) is 3.57. The molecule has 0 bridgehead atoms. The van der Waals surface area contributed by atoms with Crippen LogP contribution in [0.4, 0.5) is 0 Å². The summed E-state index contributed by atoms with van der Waals surface area (Å²) >= 11 is 0. The van der Waals surface area contributed by atoms with Crippen molar-refractivity contribution in [3.63, 3.8) is 0 Å². The van der Waals surface area contributed by atoms with E-state index in [1.807, 2.05) is 0 Å². The molecular weight excluding hydrogens is 278 g/mol. The zero-order valence-electron chi connectivity index (χ0n) is 12.5. The van der Waals surface area contributed by atoms with Crippen molar-refractivity contribution in [1.82, 2.24) is 5.32 Å². The van der Waals surface area contributed by atoms with Gasteiger partial charge in [-0.25, -0.2) is 8.42 Å².